The molecule has 4 rings (SSSR count). The molecule has 4 saturated carbocycles. The molecule has 0 aromatic rings. The summed E-state index contributed by atoms with van der Waals surface area (Å²) in [4.78, 5) is 24.5. The number of carbonyl (C=O) groups excluding carboxylic acids is 1. The Hall–Kier alpha value is -0.940. The van der Waals surface area contributed by atoms with Crippen LogP contribution in [0.15, 0.2) is 0 Å². The number of aliphatic carboxylic acids is 1. The second-order valence-electron chi connectivity index (χ2n) is 11.3. The molecule has 10 atom stereocenters. The number of carboxylic acid groups (broad SMARTS) is 1. The summed E-state index contributed by atoms with van der Waals surface area (Å²) in [7, 11) is 0. The van der Waals surface area contributed by atoms with Gasteiger partial charge in [0.25, 0.3) is 0 Å². The van der Waals surface area contributed by atoms with Gasteiger partial charge >= 0.3 is 5.97 Å². The summed E-state index contributed by atoms with van der Waals surface area (Å²) in [6.45, 7) is 6.79. The van der Waals surface area contributed by atoms with Crippen LogP contribution in [0.25, 0.3) is 0 Å². The molecule has 0 aromatic heterocycles. The van der Waals surface area contributed by atoms with Crippen molar-refractivity contribution in [1.29, 1.82) is 0 Å². The molecule has 164 valence electrons. The van der Waals surface area contributed by atoms with Gasteiger partial charge in [0.15, 0.2) is 5.78 Å². The summed E-state index contributed by atoms with van der Waals surface area (Å²) in [6, 6.07) is 0. The van der Waals surface area contributed by atoms with Crippen molar-refractivity contribution in [3.05, 3.63) is 0 Å². The Morgan fingerprint density at radius 2 is 1.69 bits per heavy atom. The third-order valence-electron chi connectivity index (χ3n) is 10.1. The van der Waals surface area contributed by atoms with Crippen LogP contribution in [0.4, 0.5) is 0 Å². The van der Waals surface area contributed by atoms with E-state index in [0.717, 1.165) is 38.5 Å². The second-order valence-corrected chi connectivity index (χ2v) is 11.3. The standard InChI is InChI=1S/C24H38O5/c1-13(4-7-19(26)27)15-5-6-16-20-17(9-11-23(15,16)2)24(3)10-8-14(25)12-18(24)21(28)22(20)29/h13-18,20-21,25,28H,4-12H2,1-3H3,(H,26,27)/t13-,14-,15-,16+,17+,18?,20?,21-,23?,24?/m1/s1. The number of carbonyl (C=O) groups is 2. The molecule has 29 heavy (non-hydrogen) atoms. The molecule has 0 radical (unpaired) electrons. The zero-order valence-electron chi connectivity index (χ0n) is 18.1. The molecule has 0 aromatic carbocycles. The minimum atomic E-state index is -0.943. The summed E-state index contributed by atoms with van der Waals surface area (Å²) < 4.78 is 0. The average molecular weight is 407 g/mol. The molecular weight excluding hydrogens is 368 g/mol. The van der Waals surface area contributed by atoms with Gasteiger partial charge in [0, 0.05) is 18.3 Å². The minimum Gasteiger partial charge on any atom is -0.481 e. The molecule has 3 N–H and O–H groups in total. The van der Waals surface area contributed by atoms with Crippen molar-refractivity contribution < 1.29 is 24.9 Å². The van der Waals surface area contributed by atoms with Gasteiger partial charge in [-0.15, -0.1) is 0 Å². The zero-order chi connectivity index (χ0) is 21.1. The molecule has 4 aliphatic carbocycles. The first-order valence-corrected chi connectivity index (χ1v) is 11.7. The number of hydrogen-bond acceptors (Lipinski definition) is 4. The number of aliphatic hydroxyl groups excluding tert-OH is 2. The lowest BCUT2D eigenvalue weighted by atomic mass is 9.43. The van der Waals surface area contributed by atoms with Gasteiger partial charge in [0.05, 0.1) is 6.10 Å². The maximum Gasteiger partial charge on any atom is 0.303 e. The number of carboxylic acids is 1. The maximum absolute atomic E-state index is 13.4. The highest BCUT2D eigenvalue weighted by Crippen LogP contribution is 2.67. The van der Waals surface area contributed by atoms with Crippen LogP contribution >= 0.6 is 0 Å². The summed E-state index contributed by atoms with van der Waals surface area (Å²) in [6.07, 6.45) is 5.97. The van der Waals surface area contributed by atoms with E-state index < -0.39 is 18.2 Å². The van der Waals surface area contributed by atoms with E-state index >= 15 is 0 Å². The molecule has 4 fully saturated rings. The molecular formula is C24H38O5. The lowest BCUT2D eigenvalue weighted by Crippen LogP contribution is -2.62. The van der Waals surface area contributed by atoms with Crippen LogP contribution in [0.3, 0.4) is 0 Å². The Labute approximate surface area is 174 Å². The van der Waals surface area contributed by atoms with Crippen molar-refractivity contribution in [2.24, 2.45) is 46.3 Å². The zero-order valence-corrected chi connectivity index (χ0v) is 18.1. The van der Waals surface area contributed by atoms with E-state index in [1.54, 1.807) is 0 Å². The minimum absolute atomic E-state index is 0.0290. The van der Waals surface area contributed by atoms with E-state index in [-0.39, 0.29) is 34.9 Å². The van der Waals surface area contributed by atoms with Crippen LogP contribution in [-0.4, -0.2) is 39.3 Å². The highest BCUT2D eigenvalue weighted by Gasteiger charge is 2.65. The average Bonchev–Trinajstić information content (AvgIpc) is 3.02. The van der Waals surface area contributed by atoms with Crippen LogP contribution in [0.1, 0.15) is 78.6 Å². The van der Waals surface area contributed by atoms with Crippen molar-refractivity contribution in [2.45, 2.75) is 90.8 Å². The number of hydrogen-bond donors (Lipinski definition) is 3. The van der Waals surface area contributed by atoms with E-state index in [1.165, 1.54) is 0 Å². The first-order chi connectivity index (χ1) is 13.6. The monoisotopic (exact) mass is 406 g/mol. The van der Waals surface area contributed by atoms with E-state index in [0.29, 0.717) is 36.5 Å². The van der Waals surface area contributed by atoms with Crippen molar-refractivity contribution in [2.75, 3.05) is 0 Å². The highest BCUT2D eigenvalue weighted by atomic mass is 16.4. The highest BCUT2D eigenvalue weighted by molar-refractivity contribution is 5.87. The second kappa shape index (κ2) is 7.33. The molecule has 0 spiro atoms. The molecule has 0 saturated heterocycles. The van der Waals surface area contributed by atoms with Crippen LogP contribution in [-0.2, 0) is 9.59 Å². The van der Waals surface area contributed by atoms with Crippen LogP contribution in [0.5, 0.6) is 0 Å². The smallest absolute Gasteiger partial charge is 0.303 e. The van der Waals surface area contributed by atoms with Crippen molar-refractivity contribution in [3.63, 3.8) is 0 Å². The Kier molecular flexibility index (Phi) is 5.39. The third kappa shape index (κ3) is 3.18. The third-order valence-corrected chi connectivity index (χ3v) is 10.1. The quantitative estimate of drug-likeness (QED) is 0.662. The number of rotatable bonds is 4. The van der Waals surface area contributed by atoms with E-state index in [4.69, 9.17) is 5.11 Å². The molecule has 0 amide bonds. The Bertz CT molecular complexity index is 676. The molecule has 0 bridgehead atoms. The molecule has 0 heterocycles. The number of fused-ring (bicyclic) bond motifs is 5. The van der Waals surface area contributed by atoms with Gasteiger partial charge in [-0.1, -0.05) is 20.8 Å². The molecule has 0 aliphatic heterocycles. The van der Waals surface area contributed by atoms with E-state index in [1.807, 2.05) is 0 Å². The summed E-state index contributed by atoms with van der Waals surface area (Å²) >= 11 is 0. The maximum atomic E-state index is 13.4. The van der Waals surface area contributed by atoms with Gasteiger partial charge < -0.3 is 15.3 Å². The normalized spacial score (nSPS) is 50.4. The van der Waals surface area contributed by atoms with Crippen LogP contribution in [0.2, 0.25) is 0 Å². The first-order valence-electron chi connectivity index (χ1n) is 11.7. The number of ketones is 1. The van der Waals surface area contributed by atoms with Gasteiger partial charge in [-0.3, -0.25) is 9.59 Å². The van der Waals surface area contributed by atoms with Gasteiger partial charge in [0.1, 0.15) is 6.10 Å². The lowest BCUT2D eigenvalue weighted by Gasteiger charge is -2.61. The Balaban J connectivity index is 1.60. The van der Waals surface area contributed by atoms with Crippen molar-refractivity contribution >= 4 is 11.8 Å². The fourth-order valence-corrected chi connectivity index (χ4v) is 8.49. The molecule has 4 unspecified atom stereocenters. The van der Waals surface area contributed by atoms with E-state index in [2.05, 4.69) is 20.8 Å². The predicted molar refractivity (Wildman–Crippen MR) is 109 cm³/mol. The largest absolute Gasteiger partial charge is 0.481 e. The van der Waals surface area contributed by atoms with Crippen molar-refractivity contribution in [3.8, 4) is 0 Å². The SMILES string of the molecule is C[C@H](CCC(=O)O)[C@H]1CC[C@H]2C3C(=O)[C@H](O)C4C[C@H](O)CCC4(C)[C@H]3CCC12C. The molecule has 4 aliphatic rings. The lowest BCUT2D eigenvalue weighted by molar-refractivity contribution is -0.184. The van der Waals surface area contributed by atoms with Crippen LogP contribution < -0.4 is 0 Å². The van der Waals surface area contributed by atoms with Crippen molar-refractivity contribution in [1.82, 2.24) is 0 Å². The van der Waals surface area contributed by atoms with Gasteiger partial charge in [-0.25, -0.2) is 0 Å². The topological polar surface area (TPSA) is 94.8 Å². The van der Waals surface area contributed by atoms with Gasteiger partial charge in [-0.05, 0) is 85.9 Å². The van der Waals surface area contributed by atoms with E-state index in [9.17, 15) is 19.8 Å². The number of Topliss-reactive ketones (excluding diaryl/α,β-unsaturated/α-hetero) is 1. The predicted octanol–water partition coefficient (Wildman–Crippen LogP) is 3.66. The van der Waals surface area contributed by atoms with Gasteiger partial charge in [0.2, 0.25) is 0 Å². The summed E-state index contributed by atoms with van der Waals surface area (Å²) in [5.41, 5.74) is -0.00257. The number of aliphatic hydroxyl groups is 2. The summed E-state index contributed by atoms with van der Waals surface area (Å²) in [5, 5.41) is 30.3. The Morgan fingerprint density at radius 3 is 2.38 bits per heavy atom. The fraction of sp³-hybridized carbons (Fsp3) is 0.917. The molecule has 5 nitrogen and oxygen atoms in total. The fourth-order valence-electron chi connectivity index (χ4n) is 8.49. The van der Waals surface area contributed by atoms with Crippen LogP contribution in [0, 0.1) is 46.3 Å². The molecule has 5 heteroatoms. The van der Waals surface area contributed by atoms with Gasteiger partial charge in [-0.2, -0.15) is 0 Å². The first kappa shape index (κ1) is 21.3. The summed E-state index contributed by atoms with van der Waals surface area (Å²) in [5.74, 6) is 0.511. The Morgan fingerprint density at radius 1 is 1.03 bits per heavy atom.